The smallest absolute Gasteiger partial charge is 0.325 e. The van der Waals surface area contributed by atoms with E-state index in [1.165, 1.54) is 18.2 Å². The second-order valence-electron chi connectivity index (χ2n) is 9.88. The number of halogens is 2. The number of nitrogens with one attached hydrogen (secondary N) is 2. The lowest BCUT2D eigenvalue weighted by Crippen LogP contribution is -2.47. The Balaban J connectivity index is 2.04. The van der Waals surface area contributed by atoms with E-state index in [1.54, 1.807) is 46.8 Å². The molecule has 186 valence electrons. The lowest BCUT2D eigenvalue weighted by Gasteiger charge is -2.29. The molecule has 1 aliphatic rings. The Kier molecular flexibility index (Phi) is 7.65. The van der Waals surface area contributed by atoms with E-state index in [9.17, 15) is 17.6 Å². The first-order chi connectivity index (χ1) is 15.7. The van der Waals surface area contributed by atoms with Crippen LogP contribution in [-0.4, -0.2) is 32.1 Å². The minimum atomic E-state index is -4.21. The average molecular weight is 511 g/mol. The largest absolute Gasteiger partial charge is 0.459 e. The predicted molar refractivity (Wildman–Crippen MR) is 132 cm³/mol. The summed E-state index contributed by atoms with van der Waals surface area (Å²) in [6.07, 6.45) is 1.87. The number of sulfonamides is 1. The van der Waals surface area contributed by atoms with Gasteiger partial charge in [-0.1, -0.05) is 24.6 Å². The van der Waals surface area contributed by atoms with Crippen LogP contribution in [-0.2, 0) is 19.6 Å². The maximum Gasteiger partial charge on any atom is 0.325 e. The zero-order valence-electron chi connectivity index (χ0n) is 20.3. The highest BCUT2D eigenvalue weighted by Crippen LogP contribution is 2.33. The maximum absolute atomic E-state index is 14.9. The van der Waals surface area contributed by atoms with Crippen LogP contribution in [0.15, 0.2) is 35.2 Å². The predicted octanol–water partition coefficient (Wildman–Crippen LogP) is 5.46. The molecule has 2 N–H and O–H groups in total. The molecule has 2 aromatic carbocycles. The van der Waals surface area contributed by atoms with Crippen molar-refractivity contribution in [2.45, 2.75) is 82.9 Å². The van der Waals surface area contributed by atoms with Crippen LogP contribution in [0.2, 0.25) is 5.02 Å². The molecule has 0 heterocycles. The Morgan fingerprint density at radius 2 is 1.82 bits per heavy atom. The lowest BCUT2D eigenvalue weighted by molar-refractivity contribution is -0.157. The highest BCUT2D eigenvalue weighted by Gasteiger charge is 2.37. The van der Waals surface area contributed by atoms with E-state index >= 15 is 0 Å². The number of anilines is 1. The Morgan fingerprint density at radius 1 is 1.18 bits per heavy atom. The topological polar surface area (TPSA) is 84.5 Å². The molecule has 1 aliphatic carbocycles. The standard InChI is InChI=1S/C25H32ClFN2O4S/c1-14-7-11-19(27)22(15(14)2)16(3)23(24(30)33-25(4,5)6)29-34(31,32)21-12-8-17(26)13-20(21)28-18-9-10-18/h7-8,11-13,16,18,23,28-29H,9-10H2,1-6H3/t16?,23-/m0/s1. The van der Waals surface area contributed by atoms with Crippen LogP contribution in [0.3, 0.4) is 0 Å². The molecule has 2 aromatic rings. The number of hydrogen-bond donors (Lipinski definition) is 2. The molecule has 0 amide bonds. The van der Waals surface area contributed by atoms with Crippen molar-refractivity contribution in [3.63, 3.8) is 0 Å². The third-order valence-corrected chi connectivity index (χ3v) is 7.53. The SMILES string of the molecule is Cc1ccc(F)c(C(C)[C@H](NS(=O)(=O)c2ccc(Cl)cc2NC2CC2)C(=O)OC(C)(C)C)c1C. The van der Waals surface area contributed by atoms with Crippen molar-refractivity contribution in [3.05, 3.63) is 57.9 Å². The molecule has 0 aliphatic heterocycles. The number of esters is 1. The van der Waals surface area contributed by atoms with Crippen LogP contribution in [0, 0.1) is 19.7 Å². The third-order valence-electron chi connectivity index (χ3n) is 5.80. The quantitative estimate of drug-likeness (QED) is 0.460. The zero-order chi connectivity index (χ0) is 25.4. The molecule has 1 unspecified atom stereocenters. The molecule has 0 spiro atoms. The molecular formula is C25H32ClFN2O4S. The Morgan fingerprint density at radius 3 is 2.41 bits per heavy atom. The van der Waals surface area contributed by atoms with Crippen molar-refractivity contribution < 1.29 is 22.3 Å². The van der Waals surface area contributed by atoms with Crippen molar-refractivity contribution in [2.24, 2.45) is 0 Å². The highest BCUT2D eigenvalue weighted by molar-refractivity contribution is 7.89. The summed E-state index contributed by atoms with van der Waals surface area (Å²) in [6.45, 7) is 10.3. The highest BCUT2D eigenvalue weighted by atomic mass is 35.5. The van der Waals surface area contributed by atoms with Gasteiger partial charge >= 0.3 is 5.97 Å². The first kappa shape index (κ1) is 26.4. The third kappa shape index (κ3) is 6.29. The molecule has 6 nitrogen and oxygen atoms in total. The number of ether oxygens (including phenoxy) is 1. The number of hydrogen-bond acceptors (Lipinski definition) is 5. The van der Waals surface area contributed by atoms with Gasteiger partial charge in [-0.25, -0.2) is 12.8 Å². The van der Waals surface area contributed by atoms with Crippen LogP contribution in [0.1, 0.15) is 63.1 Å². The monoisotopic (exact) mass is 510 g/mol. The number of carbonyl (C=O) groups excluding carboxylic acids is 1. The van der Waals surface area contributed by atoms with E-state index in [1.807, 2.05) is 6.92 Å². The molecule has 0 saturated heterocycles. The summed E-state index contributed by atoms with van der Waals surface area (Å²) in [5.41, 5.74) is 1.26. The fraction of sp³-hybridized carbons (Fsp3) is 0.480. The summed E-state index contributed by atoms with van der Waals surface area (Å²) in [6, 6.07) is 6.21. The molecule has 3 rings (SSSR count). The Bertz CT molecular complexity index is 1190. The van der Waals surface area contributed by atoms with E-state index in [0.717, 1.165) is 18.4 Å². The van der Waals surface area contributed by atoms with Gasteiger partial charge in [-0.3, -0.25) is 4.79 Å². The molecule has 9 heteroatoms. The number of carbonyl (C=O) groups is 1. The molecule has 0 radical (unpaired) electrons. The summed E-state index contributed by atoms with van der Waals surface area (Å²) in [5.74, 6) is -2.13. The van der Waals surface area contributed by atoms with Crippen molar-refractivity contribution in [1.82, 2.24) is 4.72 Å². The van der Waals surface area contributed by atoms with Crippen LogP contribution in [0.5, 0.6) is 0 Å². The Labute approximate surface area is 206 Å². The van der Waals surface area contributed by atoms with Crippen molar-refractivity contribution >= 4 is 33.3 Å². The van der Waals surface area contributed by atoms with Crippen molar-refractivity contribution in [1.29, 1.82) is 0 Å². The minimum absolute atomic E-state index is 0.0361. The average Bonchev–Trinajstić information content (AvgIpc) is 3.51. The molecule has 2 atom stereocenters. The Hall–Kier alpha value is -2.16. The van der Waals surface area contributed by atoms with E-state index in [0.29, 0.717) is 16.3 Å². The molecular weight excluding hydrogens is 479 g/mol. The molecule has 34 heavy (non-hydrogen) atoms. The van der Waals surface area contributed by atoms with Gasteiger partial charge in [0.25, 0.3) is 0 Å². The first-order valence-corrected chi connectivity index (χ1v) is 13.1. The maximum atomic E-state index is 14.9. The van der Waals surface area contributed by atoms with Crippen LogP contribution >= 0.6 is 11.6 Å². The first-order valence-electron chi connectivity index (χ1n) is 11.3. The van der Waals surface area contributed by atoms with Crippen LogP contribution in [0.4, 0.5) is 10.1 Å². The van der Waals surface area contributed by atoms with Gasteiger partial charge < -0.3 is 10.1 Å². The normalized spacial score (nSPS) is 16.1. The summed E-state index contributed by atoms with van der Waals surface area (Å²) in [4.78, 5) is 13.2. The fourth-order valence-corrected chi connectivity index (χ4v) is 5.37. The van der Waals surface area contributed by atoms with Gasteiger partial charge in [0.2, 0.25) is 10.0 Å². The summed E-state index contributed by atoms with van der Waals surface area (Å²) in [5, 5.41) is 3.56. The fourth-order valence-electron chi connectivity index (χ4n) is 3.78. The van der Waals surface area contributed by atoms with Gasteiger partial charge in [-0.05, 0) is 88.4 Å². The molecule has 0 aromatic heterocycles. The van der Waals surface area contributed by atoms with Crippen molar-refractivity contribution in [3.8, 4) is 0 Å². The van der Waals surface area contributed by atoms with Crippen LogP contribution in [0.25, 0.3) is 0 Å². The van der Waals surface area contributed by atoms with Crippen molar-refractivity contribution in [2.75, 3.05) is 5.32 Å². The van der Waals surface area contributed by atoms with E-state index in [-0.39, 0.29) is 16.5 Å². The minimum Gasteiger partial charge on any atom is -0.459 e. The molecule has 1 saturated carbocycles. The number of rotatable bonds is 8. The van der Waals surface area contributed by atoms with E-state index < -0.39 is 39.4 Å². The summed E-state index contributed by atoms with van der Waals surface area (Å²) < 4.78 is 50.0. The lowest BCUT2D eigenvalue weighted by atomic mass is 9.88. The van der Waals surface area contributed by atoms with Gasteiger partial charge in [-0.15, -0.1) is 0 Å². The second-order valence-corrected chi connectivity index (χ2v) is 12.0. The van der Waals surface area contributed by atoms with Crippen LogP contribution < -0.4 is 10.0 Å². The number of aryl methyl sites for hydroxylation is 1. The molecule has 1 fully saturated rings. The van der Waals surface area contributed by atoms with Gasteiger partial charge in [0.1, 0.15) is 22.4 Å². The zero-order valence-corrected chi connectivity index (χ0v) is 21.9. The van der Waals surface area contributed by atoms with E-state index in [4.69, 9.17) is 16.3 Å². The summed E-state index contributed by atoms with van der Waals surface area (Å²) >= 11 is 6.11. The van der Waals surface area contributed by atoms with E-state index in [2.05, 4.69) is 10.0 Å². The summed E-state index contributed by atoms with van der Waals surface area (Å²) in [7, 11) is -4.21. The second kappa shape index (κ2) is 9.84. The van der Waals surface area contributed by atoms with Gasteiger partial charge in [0, 0.05) is 17.0 Å². The number of benzene rings is 2. The van der Waals surface area contributed by atoms with Gasteiger partial charge in [-0.2, -0.15) is 4.72 Å². The van der Waals surface area contributed by atoms with Gasteiger partial charge in [0.05, 0.1) is 5.69 Å². The molecule has 0 bridgehead atoms. The van der Waals surface area contributed by atoms with Gasteiger partial charge in [0.15, 0.2) is 0 Å².